The number of hydrogen-bond donors (Lipinski definition) is 1. The van der Waals surface area contributed by atoms with E-state index in [1.165, 1.54) is 25.7 Å². The van der Waals surface area contributed by atoms with Gasteiger partial charge in [-0.25, -0.2) is 0 Å². The van der Waals surface area contributed by atoms with Gasteiger partial charge in [0.25, 0.3) is 0 Å². The van der Waals surface area contributed by atoms with Crippen molar-refractivity contribution in [3.05, 3.63) is 0 Å². The van der Waals surface area contributed by atoms with Gasteiger partial charge in [0, 0.05) is 0 Å². The van der Waals surface area contributed by atoms with Crippen molar-refractivity contribution in [2.75, 3.05) is 0 Å². The van der Waals surface area contributed by atoms with Crippen LogP contribution < -0.4 is 0 Å². The number of fused-ring (bicyclic) bond motifs is 1. The van der Waals surface area contributed by atoms with E-state index in [9.17, 15) is 4.80 Å². The van der Waals surface area contributed by atoms with Gasteiger partial charge >= 0.3 is 0 Å². The average molecular weight is 186 g/mol. The molecule has 12 heavy (non-hydrogen) atoms. The highest BCUT2D eigenvalue weighted by molar-refractivity contribution is 6.48. The summed E-state index contributed by atoms with van der Waals surface area (Å²) in [5.41, 5.74) is 0. The van der Waals surface area contributed by atoms with Crippen LogP contribution in [0, 0.1) is 5.92 Å². The van der Waals surface area contributed by atoms with E-state index in [1.807, 2.05) is 6.55 Å². The molecule has 0 bridgehead atoms. The predicted octanol–water partition coefficient (Wildman–Crippen LogP) is 1.29. The Morgan fingerprint density at radius 3 is 3.08 bits per heavy atom. The molecule has 0 aromatic heterocycles. The van der Waals surface area contributed by atoms with Gasteiger partial charge in [0.2, 0.25) is 0 Å². The molecule has 0 amide bonds. The summed E-state index contributed by atoms with van der Waals surface area (Å²) < 4.78 is 5.56. The maximum Gasteiger partial charge on any atom is 0.169 e. The van der Waals surface area contributed by atoms with Crippen molar-refractivity contribution in [1.82, 2.24) is 0 Å². The molecular formula is C9H18O2Si. The molecule has 3 heteroatoms. The maximum atomic E-state index is 9.28. The Morgan fingerprint density at radius 1 is 1.50 bits per heavy atom. The molecular weight excluding hydrogens is 168 g/mol. The maximum absolute atomic E-state index is 9.28. The summed E-state index contributed by atoms with van der Waals surface area (Å²) in [4.78, 5) is 9.28. The lowest BCUT2D eigenvalue weighted by Crippen LogP contribution is -2.18. The van der Waals surface area contributed by atoms with Crippen LogP contribution in [0.3, 0.4) is 0 Å². The van der Waals surface area contributed by atoms with Gasteiger partial charge in [0.15, 0.2) is 9.04 Å². The second-order valence-corrected chi connectivity index (χ2v) is 6.53. The molecule has 0 aromatic carbocycles. The topological polar surface area (TPSA) is 32.8 Å². The van der Waals surface area contributed by atoms with Crippen LogP contribution in [0.1, 0.15) is 25.7 Å². The van der Waals surface area contributed by atoms with Crippen molar-refractivity contribution in [3.8, 4) is 0 Å². The SMILES string of the molecule is C[SiH](O)CCC1CCCC2OC12. The number of hydrogen-bond acceptors (Lipinski definition) is 2. The lowest BCUT2D eigenvalue weighted by Gasteiger charge is -2.18. The minimum absolute atomic E-state index is 0.589. The molecule has 1 N–H and O–H groups in total. The molecule has 0 radical (unpaired) electrons. The summed E-state index contributed by atoms with van der Waals surface area (Å²) >= 11 is 0. The smallest absolute Gasteiger partial charge is 0.169 e. The number of rotatable bonds is 3. The van der Waals surface area contributed by atoms with Gasteiger partial charge in [-0.2, -0.15) is 0 Å². The van der Waals surface area contributed by atoms with E-state index < -0.39 is 9.04 Å². The molecule has 2 rings (SSSR count). The molecule has 2 fully saturated rings. The van der Waals surface area contributed by atoms with E-state index in [4.69, 9.17) is 4.74 Å². The molecule has 0 aromatic rings. The van der Waals surface area contributed by atoms with Gasteiger partial charge in [0.05, 0.1) is 12.2 Å². The highest BCUT2D eigenvalue weighted by atomic mass is 28.3. The summed E-state index contributed by atoms with van der Waals surface area (Å²) in [7, 11) is -1.31. The van der Waals surface area contributed by atoms with Crippen LogP contribution in [-0.2, 0) is 4.74 Å². The van der Waals surface area contributed by atoms with Gasteiger partial charge < -0.3 is 9.53 Å². The molecule has 1 aliphatic carbocycles. The number of ether oxygens (including phenoxy) is 1. The Bertz CT molecular complexity index is 161. The third-order valence-corrected chi connectivity index (χ3v) is 4.27. The third kappa shape index (κ3) is 1.89. The molecule has 1 saturated carbocycles. The molecule has 2 nitrogen and oxygen atoms in total. The van der Waals surface area contributed by atoms with E-state index in [0.717, 1.165) is 12.0 Å². The molecule has 4 atom stereocenters. The first-order valence-electron chi connectivity index (χ1n) is 5.11. The number of epoxide rings is 1. The summed E-state index contributed by atoms with van der Waals surface area (Å²) in [6.07, 6.45) is 6.37. The second kappa shape index (κ2) is 3.48. The Balaban J connectivity index is 1.73. The van der Waals surface area contributed by atoms with Crippen LogP contribution in [0.15, 0.2) is 0 Å². The lowest BCUT2D eigenvalue weighted by atomic mass is 9.87. The molecule has 1 heterocycles. The standard InChI is InChI=1S/C9H18O2Si/c1-12(10)6-5-7-3-2-4-8-9(7)11-8/h7-10,12H,2-6H2,1H3. The largest absolute Gasteiger partial charge is 0.435 e. The van der Waals surface area contributed by atoms with E-state index in [-0.39, 0.29) is 0 Å². The molecule has 2 aliphatic rings. The fourth-order valence-corrected chi connectivity index (χ4v) is 3.22. The zero-order chi connectivity index (χ0) is 8.55. The fraction of sp³-hybridized carbons (Fsp3) is 1.00. The quantitative estimate of drug-likeness (QED) is 0.532. The van der Waals surface area contributed by atoms with E-state index >= 15 is 0 Å². The van der Waals surface area contributed by atoms with E-state index in [1.54, 1.807) is 0 Å². The van der Waals surface area contributed by atoms with Crippen molar-refractivity contribution >= 4 is 9.04 Å². The normalized spacial score (nSPS) is 42.0. The summed E-state index contributed by atoms with van der Waals surface area (Å²) in [5.74, 6) is 0.783. The Hall–Kier alpha value is 0.137. The first-order chi connectivity index (χ1) is 5.77. The van der Waals surface area contributed by atoms with Gasteiger partial charge in [0.1, 0.15) is 0 Å². The van der Waals surface area contributed by atoms with Crippen molar-refractivity contribution in [2.24, 2.45) is 5.92 Å². The van der Waals surface area contributed by atoms with Crippen molar-refractivity contribution in [1.29, 1.82) is 0 Å². The van der Waals surface area contributed by atoms with E-state index in [2.05, 4.69) is 0 Å². The van der Waals surface area contributed by atoms with Gasteiger partial charge in [-0.3, -0.25) is 0 Å². The highest BCUT2D eigenvalue weighted by Gasteiger charge is 2.46. The van der Waals surface area contributed by atoms with Crippen molar-refractivity contribution in [2.45, 2.75) is 50.5 Å². The van der Waals surface area contributed by atoms with Crippen LogP contribution in [0.25, 0.3) is 0 Å². The second-order valence-electron chi connectivity index (χ2n) is 4.26. The predicted molar refractivity (Wildman–Crippen MR) is 50.7 cm³/mol. The summed E-state index contributed by atoms with van der Waals surface area (Å²) in [6.45, 7) is 2.01. The Morgan fingerprint density at radius 2 is 2.33 bits per heavy atom. The molecule has 1 aliphatic heterocycles. The first-order valence-corrected chi connectivity index (χ1v) is 7.59. The highest BCUT2D eigenvalue weighted by Crippen LogP contribution is 2.42. The molecule has 1 saturated heterocycles. The molecule has 4 unspecified atom stereocenters. The van der Waals surface area contributed by atoms with Crippen LogP contribution in [0.5, 0.6) is 0 Å². The minimum Gasteiger partial charge on any atom is -0.435 e. The van der Waals surface area contributed by atoms with E-state index in [0.29, 0.717) is 12.2 Å². The molecule has 0 spiro atoms. The first kappa shape index (κ1) is 8.72. The lowest BCUT2D eigenvalue weighted by molar-refractivity contribution is 0.313. The van der Waals surface area contributed by atoms with Crippen molar-refractivity contribution in [3.63, 3.8) is 0 Å². The zero-order valence-corrected chi connectivity index (χ0v) is 8.86. The van der Waals surface area contributed by atoms with Crippen LogP contribution in [0.4, 0.5) is 0 Å². The van der Waals surface area contributed by atoms with Gasteiger partial charge in [-0.1, -0.05) is 6.42 Å². The minimum atomic E-state index is -1.31. The Kier molecular flexibility index (Phi) is 2.53. The van der Waals surface area contributed by atoms with Crippen LogP contribution >= 0.6 is 0 Å². The van der Waals surface area contributed by atoms with Crippen LogP contribution in [0.2, 0.25) is 12.6 Å². The molecule has 70 valence electrons. The third-order valence-electron chi connectivity index (χ3n) is 3.11. The van der Waals surface area contributed by atoms with Crippen LogP contribution in [-0.4, -0.2) is 26.0 Å². The average Bonchev–Trinajstić information content (AvgIpc) is 2.78. The Labute approximate surface area is 75.7 Å². The zero-order valence-electron chi connectivity index (χ0n) is 7.70. The van der Waals surface area contributed by atoms with Gasteiger partial charge in [-0.15, -0.1) is 0 Å². The monoisotopic (exact) mass is 186 g/mol. The van der Waals surface area contributed by atoms with Crippen molar-refractivity contribution < 1.29 is 9.53 Å². The summed E-state index contributed by atoms with van der Waals surface area (Å²) in [6, 6.07) is 1.08. The van der Waals surface area contributed by atoms with Gasteiger partial charge in [-0.05, 0) is 37.8 Å². The fourth-order valence-electron chi connectivity index (χ4n) is 2.31. The summed E-state index contributed by atoms with van der Waals surface area (Å²) in [5, 5.41) is 0.